The van der Waals surface area contributed by atoms with E-state index >= 15 is 0 Å². The van der Waals surface area contributed by atoms with Crippen LogP contribution in [0.15, 0.2) is 24.3 Å². The van der Waals surface area contributed by atoms with E-state index in [1.165, 1.54) is 6.42 Å². The summed E-state index contributed by atoms with van der Waals surface area (Å²) in [6.07, 6.45) is 4.31. The number of carbonyl (C=O) groups is 1. The first-order valence-electron chi connectivity index (χ1n) is 9.90. The Morgan fingerprint density at radius 1 is 1.27 bits per heavy atom. The van der Waals surface area contributed by atoms with Crippen molar-refractivity contribution in [2.75, 3.05) is 33.7 Å². The van der Waals surface area contributed by atoms with Gasteiger partial charge in [0.1, 0.15) is 11.9 Å². The van der Waals surface area contributed by atoms with E-state index in [2.05, 4.69) is 41.5 Å². The minimum Gasteiger partial charge on any atom is -0.341 e. The molecule has 0 aliphatic carbocycles. The van der Waals surface area contributed by atoms with Crippen LogP contribution in [0.3, 0.4) is 0 Å². The summed E-state index contributed by atoms with van der Waals surface area (Å²) in [7, 11) is 4.25. The smallest absolute Gasteiger partial charge is 0.245 e. The molecule has 1 fully saturated rings. The molecule has 2 heterocycles. The monoisotopic (exact) mass is 356 g/mol. The normalized spacial score (nSPS) is 17.2. The molecule has 5 heteroatoms. The summed E-state index contributed by atoms with van der Waals surface area (Å²) in [6, 6.07) is 7.92. The first-order valence-corrected chi connectivity index (χ1v) is 9.90. The predicted molar refractivity (Wildman–Crippen MR) is 106 cm³/mol. The molecular formula is C21H32N4O. The Morgan fingerprint density at radius 3 is 2.62 bits per heavy atom. The van der Waals surface area contributed by atoms with Crippen LogP contribution in [0.25, 0.3) is 11.0 Å². The van der Waals surface area contributed by atoms with Crippen molar-refractivity contribution in [1.82, 2.24) is 19.4 Å². The molecule has 0 spiro atoms. The van der Waals surface area contributed by atoms with Crippen molar-refractivity contribution in [3.63, 3.8) is 0 Å². The van der Waals surface area contributed by atoms with Gasteiger partial charge in [0.15, 0.2) is 0 Å². The van der Waals surface area contributed by atoms with Crippen LogP contribution >= 0.6 is 0 Å². The van der Waals surface area contributed by atoms with E-state index in [4.69, 9.17) is 4.98 Å². The number of likely N-dealkylation sites (tertiary alicyclic amines) is 1. The van der Waals surface area contributed by atoms with Crippen LogP contribution in [0.2, 0.25) is 0 Å². The molecule has 0 radical (unpaired) electrons. The number of nitrogens with zero attached hydrogens (tertiary/aromatic N) is 4. The number of hydrogen-bond acceptors (Lipinski definition) is 3. The lowest BCUT2D eigenvalue weighted by atomic mass is 9.93. The number of aromatic nitrogens is 2. The zero-order chi connectivity index (χ0) is 18.7. The first-order chi connectivity index (χ1) is 12.5. The topological polar surface area (TPSA) is 41.4 Å². The van der Waals surface area contributed by atoms with Crippen molar-refractivity contribution >= 4 is 16.9 Å². The number of piperidine rings is 1. The highest BCUT2D eigenvalue weighted by Crippen LogP contribution is 2.26. The Bertz CT molecular complexity index is 744. The van der Waals surface area contributed by atoms with Gasteiger partial charge in [-0.25, -0.2) is 4.98 Å². The van der Waals surface area contributed by atoms with E-state index in [-0.39, 0.29) is 11.9 Å². The molecule has 0 N–H and O–H groups in total. The average Bonchev–Trinajstić information content (AvgIpc) is 3.04. The van der Waals surface area contributed by atoms with Crippen LogP contribution in [-0.4, -0.2) is 59.0 Å². The number of carbonyl (C=O) groups excluding carboxylic acids is 1. The molecule has 0 unspecified atom stereocenters. The lowest BCUT2D eigenvalue weighted by Gasteiger charge is -2.34. The van der Waals surface area contributed by atoms with Crippen LogP contribution in [0, 0.1) is 5.92 Å². The van der Waals surface area contributed by atoms with E-state index in [0.29, 0.717) is 0 Å². The number of amides is 1. The molecule has 26 heavy (non-hydrogen) atoms. The van der Waals surface area contributed by atoms with Gasteiger partial charge in [0.25, 0.3) is 0 Å². The Balaban J connectivity index is 1.69. The fourth-order valence-electron chi connectivity index (χ4n) is 4.03. The van der Waals surface area contributed by atoms with Crippen molar-refractivity contribution in [2.24, 2.45) is 5.92 Å². The van der Waals surface area contributed by atoms with Gasteiger partial charge in [-0.1, -0.05) is 19.1 Å². The van der Waals surface area contributed by atoms with Gasteiger partial charge in [0.2, 0.25) is 5.91 Å². The molecular weight excluding hydrogens is 324 g/mol. The van der Waals surface area contributed by atoms with Crippen LogP contribution in [-0.2, 0) is 11.2 Å². The third-order valence-corrected chi connectivity index (χ3v) is 5.64. The summed E-state index contributed by atoms with van der Waals surface area (Å²) in [5.41, 5.74) is 2.04. The summed E-state index contributed by atoms with van der Waals surface area (Å²) in [5.74, 6) is 1.97. The molecule has 3 rings (SSSR count). The maximum absolute atomic E-state index is 13.2. The Hall–Kier alpha value is -1.88. The minimum absolute atomic E-state index is 0.198. The molecule has 1 aromatic heterocycles. The van der Waals surface area contributed by atoms with Crippen molar-refractivity contribution in [1.29, 1.82) is 0 Å². The van der Waals surface area contributed by atoms with Gasteiger partial charge in [-0.15, -0.1) is 0 Å². The zero-order valence-electron chi connectivity index (χ0n) is 16.6. The van der Waals surface area contributed by atoms with Gasteiger partial charge in [-0.3, -0.25) is 4.79 Å². The zero-order valence-corrected chi connectivity index (χ0v) is 16.6. The van der Waals surface area contributed by atoms with Crippen LogP contribution in [0.5, 0.6) is 0 Å². The highest BCUT2D eigenvalue weighted by molar-refractivity contribution is 5.84. The largest absolute Gasteiger partial charge is 0.341 e. The Labute approximate surface area is 157 Å². The maximum Gasteiger partial charge on any atom is 0.245 e. The highest BCUT2D eigenvalue weighted by Gasteiger charge is 2.28. The Kier molecular flexibility index (Phi) is 5.97. The van der Waals surface area contributed by atoms with Gasteiger partial charge in [-0.05, 0) is 64.9 Å². The minimum atomic E-state index is -0.198. The van der Waals surface area contributed by atoms with Gasteiger partial charge in [0.05, 0.1) is 11.0 Å². The lowest BCUT2D eigenvalue weighted by Crippen LogP contribution is -2.42. The van der Waals surface area contributed by atoms with Crippen molar-refractivity contribution in [3.8, 4) is 0 Å². The van der Waals surface area contributed by atoms with Crippen molar-refractivity contribution < 1.29 is 4.79 Å². The van der Waals surface area contributed by atoms with Crippen LogP contribution in [0.1, 0.15) is 45.0 Å². The molecule has 0 saturated carbocycles. The van der Waals surface area contributed by atoms with Crippen LogP contribution in [0.4, 0.5) is 0 Å². The molecule has 1 aliphatic rings. The van der Waals surface area contributed by atoms with Gasteiger partial charge < -0.3 is 14.4 Å². The summed E-state index contributed by atoms with van der Waals surface area (Å²) in [4.78, 5) is 22.2. The predicted octanol–water partition coefficient (Wildman–Crippen LogP) is 3.35. The van der Waals surface area contributed by atoms with E-state index in [1.807, 2.05) is 25.1 Å². The SMILES string of the molecule is CCc1nc2ccccc2n1[C@H](C)C(=O)N1CCC(CCN(C)C)CC1. The second-order valence-electron chi connectivity index (χ2n) is 7.78. The molecule has 142 valence electrons. The standard InChI is InChI=1S/C21H32N4O/c1-5-20-22-18-8-6-7-9-19(18)25(20)16(2)21(26)24-14-11-17(12-15-24)10-13-23(3)4/h6-9,16-17H,5,10-15H2,1-4H3/t16-/m1/s1. The quantitative estimate of drug-likeness (QED) is 0.797. The number of fused-ring (bicyclic) bond motifs is 1. The van der Waals surface area contributed by atoms with Crippen molar-refractivity contribution in [3.05, 3.63) is 30.1 Å². The van der Waals surface area contributed by atoms with E-state index in [0.717, 1.165) is 61.7 Å². The fraction of sp³-hybridized carbons (Fsp3) is 0.619. The van der Waals surface area contributed by atoms with E-state index in [9.17, 15) is 4.79 Å². The summed E-state index contributed by atoms with van der Waals surface area (Å²) in [5, 5.41) is 0. The number of hydrogen-bond donors (Lipinski definition) is 0. The maximum atomic E-state index is 13.2. The first kappa shape index (κ1) is 18.9. The molecule has 2 aromatic rings. The number of imidazole rings is 1. The van der Waals surface area contributed by atoms with E-state index in [1.54, 1.807) is 0 Å². The molecule has 1 aromatic carbocycles. The number of rotatable bonds is 6. The second-order valence-corrected chi connectivity index (χ2v) is 7.78. The summed E-state index contributed by atoms with van der Waals surface area (Å²) < 4.78 is 2.13. The third-order valence-electron chi connectivity index (χ3n) is 5.64. The molecule has 1 amide bonds. The summed E-state index contributed by atoms with van der Waals surface area (Å²) in [6.45, 7) is 7.03. The molecule has 0 bridgehead atoms. The number of benzene rings is 1. The molecule has 1 saturated heterocycles. The fourth-order valence-corrected chi connectivity index (χ4v) is 4.03. The van der Waals surface area contributed by atoms with Crippen LogP contribution < -0.4 is 0 Å². The van der Waals surface area contributed by atoms with Gasteiger partial charge in [0, 0.05) is 19.5 Å². The molecule has 5 nitrogen and oxygen atoms in total. The third kappa shape index (κ3) is 3.93. The van der Waals surface area contributed by atoms with Crippen molar-refractivity contribution in [2.45, 2.75) is 45.6 Å². The average molecular weight is 357 g/mol. The summed E-state index contributed by atoms with van der Waals surface area (Å²) >= 11 is 0. The second kappa shape index (κ2) is 8.21. The Morgan fingerprint density at radius 2 is 1.96 bits per heavy atom. The highest BCUT2D eigenvalue weighted by atomic mass is 16.2. The molecule has 1 aliphatic heterocycles. The number of para-hydroxylation sites is 2. The lowest BCUT2D eigenvalue weighted by molar-refractivity contribution is -0.135. The van der Waals surface area contributed by atoms with Gasteiger partial charge >= 0.3 is 0 Å². The van der Waals surface area contributed by atoms with E-state index < -0.39 is 0 Å². The molecule has 1 atom stereocenters. The number of aryl methyl sites for hydroxylation is 1. The van der Waals surface area contributed by atoms with Gasteiger partial charge in [-0.2, -0.15) is 0 Å².